The second-order valence-electron chi connectivity index (χ2n) is 2.67. The molecule has 0 aliphatic heterocycles. The second-order valence-corrected chi connectivity index (χ2v) is 3.95. The summed E-state index contributed by atoms with van der Waals surface area (Å²) in [5, 5.41) is 0. The van der Waals surface area contributed by atoms with Crippen LogP contribution in [0.1, 0.15) is 0 Å². The van der Waals surface area contributed by atoms with E-state index in [1.54, 1.807) is 4.72 Å². The summed E-state index contributed by atoms with van der Waals surface area (Å²) in [7, 11) is -4.88. The van der Waals surface area contributed by atoms with Crippen LogP contribution in [0.4, 0.5) is 18.9 Å². The highest BCUT2D eigenvalue weighted by molar-refractivity contribution is 7.88. The first-order valence-electron chi connectivity index (χ1n) is 3.94. The zero-order chi connectivity index (χ0) is 13.1. The van der Waals surface area contributed by atoms with E-state index >= 15 is 0 Å². The van der Waals surface area contributed by atoms with Crippen LogP contribution in [0, 0.1) is 0 Å². The predicted molar refractivity (Wildman–Crippen MR) is 48.9 cm³/mol. The molecular formula is C7H5F3N2O4S. The molecule has 0 bridgehead atoms. The van der Waals surface area contributed by atoms with Gasteiger partial charge in [0.05, 0.1) is 11.9 Å². The van der Waals surface area contributed by atoms with Crippen molar-refractivity contribution >= 4 is 22.0 Å². The summed E-state index contributed by atoms with van der Waals surface area (Å²) < 4.78 is 62.0. The molecule has 0 aliphatic rings. The number of alkyl halides is 3. The van der Waals surface area contributed by atoms with Crippen LogP contribution in [-0.2, 0) is 19.3 Å². The largest absolute Gasteiger partial charge is 0.492 e. The van der Waals surface area contributed by atoms with Gasteiger partial charge in [-0.1, -0.05) is 0 Å². The Morgan fingerprint density at radius 2 is 2.06 bits per heavy atom. The van der Waals surface area contributed by atoms with E-state index in [1.807, 2.05) is 0 Å². The number of rotatable bonds is 3. The number of carbonyl (C=O) groups is 1. The first-order chi connectivity index (χ1) is 7.71. The van der Waals surface area contributed by atoms with E-state index in [9.17, 15) is 26.4 Å². The van der Waals surface area contributed by atoms with Gasteiger partial charge < -0.3 is 4.18 Å². The number of aromatic nitrogens is 1. The Balaban J connectivity index is 2.75. The van der Waals surface area contributed by atoms with Crippen molar-refractivity contribution in [2.45, 2.75) is 6.18 Å². The van der Waals surface area contributed by atoms with Crippen molar-refractivity contribution in [2.24, 2.45) is 0 Å². The molecule has 10 heteroatoms. The average molecular weight is 270 g/mol. The van der Waals surface area contributed by atoms with E-state index in [1.165, 1.54) is 18.3 Å². The quantitative estimate of drug-likeness (QED) is 0.879. The Bertz CT molecular complexity index is 500. The fourth-order valence-electron chi connectivity index (χ4n) is 0.735. The molecule has 1 aromatic heterocycles. The van der Waals surface area contributed by atoms with Crippen molar-refractivity contribution < 1.29 is 30.6 Å². The van der Waals surface area contributed by atoms with Crippen molar-refractivity contribution in [1.82, 2.24) is 4.98 Å². The Morgan fingerprint density at radius 1 is 1.41 bits per heavy atom. The molecule has 0 saturated heterocycles. The summed E-state index contributed by atoms with van der Waals surface area (Å²) in [6.45, 7) is 0. The Hall–Kier alpha value is -1.84. The summed E-state index contributed by atoms with van der Waals surface area (Å²) in [5.41, 5.74) is -0.137. The number of carbonyl (C=O) groups excluding carboxylic acids is 1. The van der Waals surface area contributed by atoms with Gasteiger partial charge in [0.15, 0.2) is 0 Å². The molecule has 0 aromatic carbocycles. The summed E-state index contributed by atoms with van der Waals surface area (Å²) in [6, 6.07) is 2.55. The minimum atomic E-state index is -5.39. The lowest BCUT2D eigenvalue weighted by atomic mass is 10.4. The van der Waals surface area contributed by atoms with Gasteiger partial charge in [0.1, 0.15) is 0 Å². The van der Waals surface area contributed by atoms with Crippen molar-refractivity contribution in [3.05, 3.63) is 24.5 Å². The molecule has 0 radical (unpaired) electrons. The van der Waals surface area contributed by atoms with Crippen LogP contribution in [0.15, 0.2) is 24.5 Å². The highest BCUT2D eigenvalue weighted by Crippen LogP contribution is 2.18. The van der Waals surface area contributed by atoms with Crippen molar-refractivity contribution in [3.63, 3.8) is 0 Å². The number of anilines is 1. The summed E-state index contributed by atoms with van der Waals surface area (Å²) >= 11 is 0. The molecule has 6 nitrogen and oxygen atoms in total. The molecule has 1 N–H and O–H groups in total. The predicted octanol–water partition coefficient (Wildman–Crippen LogP) is 0.844. The molecule has 1 aromatic rings. The normalized spacial score (nSPS) is 11.9. The van der Waals surface area contributed by atoms with E-state index in [0.717, 1.165) is 6.20 Å². The fraction of sp³-hybridized carbons (Fsp3) is 0.143. The molecular weight excluding hydrogens is 265 g/mol. The standard InChI is InChI=1S/C7H5F3N2O4S/c8-7(9,10)6(13)16-17(14,15)12-5-2-1-3-11-4-5/h1-4,12H. The van der Waals surface area contributed by atoms with Crippen molar-refractivity contribution in [2.75, 3.05) is 4.72 Å². The molecule has 17 heavy (non-hydrogen) atoms. The third-order valence-corrected chi connectivity index (χ3v) is 2.18. The van der Waals surface area contributed by atoms with Gasteiger partial charge in [-0.25, -0.2) is 9.52 Å². The third-order valence-electron chi connectivity index (χ3n) is 1.32. The molecule has 0 amide bonds. The van der Waals surface area contributed by atoms with E-state index in [2.05, 4.69) is 9.17 Å². The zero-order valence-electron chi connectivity index (χ0n) is 7.93. The van der Waals surface area contributed by atoms with Gasteiger partial charge in [-0.2, -0.15) is 21.6 Å². The van der Waals surface area contributed by atoms with Crippen LogP contribution in [0.2, 0.25) is 0 Å². The van der Waals surface area contributed by atoms with Gasteiger partial charge in [0.25, 0.3) is 0 Å². The van der Waals surface area contributed by atoms with Gasteiger partial charge in [0.2, 0.25) is 0 Å². The van der Waals surface area contributed by atoms with Gasteiger partial charge in [-0.05, 0) is 12.1 Å². The van der Waals surface area contributed by atoms with Gasteiger partial charge >= 0.3 is 22.4 Å². The van der Waals surface area contributed by atoms with E-state index in [0.29, 0.717) is 0 Å². The minimum absolute atomic E-state index is 0.137. The molecule has 0 spiro atoms. The first-order valence-corrected chi connectivity index (χ1v) is 5.35. The van der Waals surface area contributed by atoms with E-state index < -0.39 is 22.4 Å². The van der Waals surface area contributed by atoms with Crippen molar-refractivity contribution in [1.29, 1.82) is 0 Å². The van der Waals surface area contributed by atoms with Crippen LogP contribution in [-0.4, -0.2) is 25.5 Å². The van der Waals surface area contributed by atoms with Crippen LogP contribution in [0.3, 0.4) is 0 Å². The minimum Gasteiger partial charge on any atom is -0.322 e. The molecule has 0 aliphatic carbocycles. The number of nitrogens with zero attached hydrogens (tertiary/aromatic N) is 1. The highest BCUT2D eigenvalue weighted by atomic mass is 32.2. The topological polar surface area (TPSA) is 85.4 Å². The van der Waals surface area contributed by atoms with Gasteiger partial charge in [-0.15, -0.1) is 0 Å². The SMILES string of the molecule is O=C(OS(=O)(=O)Nc1cccnc1)C(F)(F)F. The number of hydrogen-bond acceptors (Lipinski definition) is 5. The number of pyridine rings is 1. The Labute approximate surface area is 93.7 Å². The maximum atomic E-state index is 11.7. The van der Waals surface area contributed by atoms with Gasteiger partial charge in [-0.3, -0.25) is 4.98 Å². The van der Waals surface area contributed by atoms with Crippen LogP contribution >= 0.6 is 0 Å². The van der Waals surface area contributed by atoms with Crippen molar-refractivity contribution in [3.8, 4) is 0 Å². The van der Waals surface area contributed by atoms with Crippen LogP contribution in [0.5, 0.6) is 0 Å². The number of hydrogen-bond donors (Lipinski definition) is 1. The Kier molecular flexibility index (Phi) is 3.56. The van der Waals surface area contributed by atoms with Gasteiger partial charge in [0, 0.05) is 6.20 Å². The number of halogens is 3. The molecule has 1 heterocycles. The molecule has 0 fully saturated rings. The summed E-state index contributed by atoms with van der Waals surface area (Å²) in [4.78, 5) is 13.8. The molecule has 0 atom stereocenters. The molecule has 0 saturated carbocycles. The van der Waals surface area contributed by atoms with E-state index in [4.69, 9.17) is 0 Å². The summed E-state index contributed by atoms with van der Waals surface area (Å²) in [6.07, 6.45) is -3.04. The fourth-order valence-corrected chi connectivity index (χ4v) is 1.48. The van der Waals surface area contributed by atoms with E-state index in [-0.39, 0.29) is 5.69 Å². The maximum absolute atomic E-state index is 11.7. The lowest BCUT2D eigenvalue weighted by molar-refractivity contribution is -0.189. The maximum Gasteiger partial charge on any atom is 0.492 e. The monoisotopic (exact) mass is 270 g/mol. The Morgan fingerprint density at radius 3 is 2.53 bits per heavy atom. The molecule has 94 valence electrons. The molecule has 1 rings (SSSR count). The average Bonchev–Trinajstić information content (AvgIpc) is 2.16. The molecule has 0 unspecified atom stereocenters. The second kappa shape index (κ2) is 4.57. The van der Waals surface area contributed by atoms with Crippen LogP contribution in [0.25, 0.3) is 0 Å². The lowest BCUT2D eigenvalue weighted by Gasteiger charge is -2.08. The smallest absolute Gasteiger partial charge is 0.322 e. The zero-order valence-corrected chi connectivity index (χ0v) is 8.75. The first kappa shape index (κ1) is 13.2. The third kappa shape index (κ3) is 4.26. The lowest BCUT2D eigenvalue weighted by Crippen LogP contribution is -2.30. The highest BCUT2D eigenvalue weighted by Gasteiger charge is 2.43. The number of nitrogens with one attached hydrogen (secondary N) is 1. The van der Waals surface area contributed by atoms with Crippen LogP contribution < -0.4 is 4.72 Å². The summed E-state index contributed by atoms with van der Waals surface area (Å²) in [5.74, 6) is -2.83.